The Bertz CT molecular complexity index is 1350. The summed E-state index contributed by atoms with van der Waals surface area (Å²) in [5, 5.41) is 8.57. The smallest absolute Gasteiger partial charge is 0.254 e. The monoisotopic (exact) mass is 467 g/mol. The summed E-state index contributed by atoms with van der Waals surface area (Å²) in [7, 11) is 0. The van der Waals surface area contributed by atoms with E-state index in [4.69, 9.17) is 0 Å². The molecule has 3 aromatic carbocycles. The van der Waals surface area contributed by atoms with Crippen molar-refractivity contribution in [3.63, 3.8) is 0 Å². The van der Waals surface area contributed by atoms with Gasteiger partial charge in [0, 0.05) is 6.42 Å². The zero-order chi connectivity index (χ0) is 24.2. The first kappa shape index (κ1) is 22.3. The molecule has 3 amide bonds. The standard InChI is InChI=1S/C27H25N5O3/c33-24(15-14-22-27(35)31-19-11-5-4-10-18(19)26(34)32-22)28-23(16-17-8-2-1-3-9-17)25-29-20-12-6-7-13-21(20)30-25/h1-13,22-23H,14-16H2,(H,28,33)(H,29,30)(H,31,35)(H,32,34)/t22-,23+/m1/s1. The van der Waals surface area contributed by atoms with Crippen LogP contribution in [0.1, 0.15) is 40.6 Å². The first-order valence-corrected chi connectivity index (χ1v) is 11.6. The Labute approximate surface area is 202 Å². The van der Waals surface area contributed by atoms with Crippen molar-refractivity contribution in [3.05, 3.63) is 95.8 Å². The van der Waals surface area contributed by atoms with Crippen LogP contribution in [0.25, 0.3) is 11.0 Å². The number of aromatic amines is 1. The number of anilines is 1. The zero-order valence-electron chi connectivity index (χ0n) is 19.0. The van der Waals surface area contributed by atoms with E-state index in [1.165, 1.54) is 0 Å². The van der Waals surface area contributed by atoms with Gasteiger partial charge in [-0.15, -0.1) is 0 Å². The molecule has 35 heavy (non-hydrogen) atoms. The Morgan fingerprint density at radius 3 is 2.51 bits per heavy atom. The number of hydrogen-bond acceptors (Lipinski definition) is 4. The van der Waals surface area contributed by atoms with Crippen molar-refractivity contribution in [2.75, 3.05) is 5.32 Å². The van der Waals surface area contributed by atoms with Gasteiger partial charge in [-0.3, -0.25) is 14.4 Å². The highest BCUT2D eigenvalue weighted by Crippen LogP contribution is 2.21. The summed E-state index contributed by atoms with van der Waals surface area (Å²) in [6.45, 7) is 0. The quantitative estimate of drug-likeness (QED) is 0.333. The second-order valence-electron chi connectivity index (χ2n) is 8.55. The molecule has 1 aliphatic rings. The lowest BCUT2D eigenvalue weighted by atomic mass is 10.0. The van der Waals surface area contributed by atoms with Gasteiger partial charge < -0.3 is 20.9 Å². The molecule has 5 rings (SSSR count). The van der Waals surface area contributed by atoms with Crippen molar-refractivity contribution >= 4 is 34.4 Å². The van der Waals surface area contributed by atoms with E-state index < -0.39 is 6.04 Å². The number of carbonyl (C=O) groups is 3. The third-order valence-electron chi connectivity index (χ3n) is 6.07. The molecule has 8 heteroatoms. The van der Waals surface area contributed by atoms with Crippen LogP contribution in [0.2, 0.25) is 0 Å². The minimum absolute atomic E-state index is 0.0697. The fraction of sp³-hybridized carbons (Fsp3) is 0.185. The minimum atomic E-state index is -0.806. The van der Waals surface area contributed by atoms with Crippen LogP contribution < -0.4 is 16.0 Å². The second kappa shape index (κ2) is 9.80. The van der Waals surface area contributed by atoms with Crippen LogP contribution in [0, 0.1) is 0 Å². The van der Waals surface area contributed by atoms with Crippen molar-refractivity contribution in [3.8, 4) is 0 Å². The summed E-state index contributed by atoms with van der Waals surface area (Å²) >= 11 is 0. The molecule has 0 saturated carbocycles. The Morgan fingerprint density at radius 1 is 0.943 bits per heavy atom. The fourth-order valence-electron chi connectivity index (χ4n) is 4.26. The predicted molar refractivity (Wildman–Crippen MR) is 133 cm³/mol. The van der Waals surface area contributed by atoms with E-state index in [0.717, 1.165) is 16.6 Å². The number of amides is 3. The van der Waals surface area contributed by atoms with Gasteiger partial charge in [0.2, 0.25) is 11.8 Å². The molecule has 0 saturated heterocycles. The molecule has 0 aliphatic carbocycles. The summed E-state index contributed by atoms with van der Waals surface area (Å²) < 4.78 is 0. The molecule has 2 atom stereocenters. The van der Waals surface area contributed by atoms with Crippen molar-refractivity contribution < 1.29 is 14.4 Å². The first-order chi connectivity index (χ1) is 17.1. The Hall–Kier alpha value is -4.46. The normalized spacial score (nSPS) is 16.1. The Balaban J connectivity index is 1.28. The molecule has 0 unspecified atom stereocenters. The number of carbonyl (C=O) groups excluding carboxylic acids is 3. The number of imidazole rings is 1. The minimum Gasteiger partial charge on any atom is -0.346 e. The van der Waals surface area contributed by atoms with Crippen LogP contribution in [0.4, 0.5) is 5.69 Å². The summed E-state index contributed by atoms with van der Waals surface area (Å²) in [4.78, 5) is 46.1. The summed E-state index contributed by atoms with van der Waals surface area (Å²) in [6.07, 6.45) is 0.804. The highest BCUT2D eigenvalue weighted by molar-refractivity contribution is 6.09. The van der Waals surface area contributed by atoms with E-state index in [9.17, 15) is 14.4 Å². The molecule has 1 aliphatic heterocycles. The Kier molecular flexibility index (Phi) is 6.26. The number of nitrogens with one attached hydrogen (secondary N) is 4. The number of para-hydroxylation sites is 3. The van der Waals surface area contributed by atoms with E-state index in [1.807, 2.05) is 54.6 Å². The van der Waals surface area contributed by atoms with Crippen LogP contribution in [-0.2, 0) is 16.0 Å². The molecule has 4 N–H and O–H groups in total. The maximum absolute atomic E-state index is 13.0. The highest BCUT2D eigenvalue weighted by Gasteiger charge is 2.28. The van der Waals surface area contributed by atoms with Crippen LogP contribution >= 0.6 is 0 Å². The maximum atomic E-state index is 13.0. The molecule has 0 fully saturated rings. The van der Waals surface area contributed by atoms with Crippen LogP contribution in [0.15, 0.2) is 78.9 Å². The largest absolute Gasteiger partial charge is 0.346 e. The number of H-pyrrole nitrogens is 1. The SMILES string of the molecule is O=C(CC[C@H]1NC(=O)c2ccccc2NC1=O)N[C@@H](Cc1ccccc1)c1nc2ccccc2[nH]1. The van der Waals surface area contributed by atoms with Crippen LogP contribution in [0.3, 0.4) is 0 Å². The topological polar surface area (TPSA) is 116 Å². The van der Waals surface area contributed by atoms with Crippen LogP contribution in [0.5, 0.6) is 0 Å². The molecule has 1 aromatic heterocycles. The lowest BCUT2D eigenvalue weighted by Crippen LogP contribution is -2.42. The molecule has 0 spiro atoms. The fourth-order valence-corrected chi connectivity index (χ4v) is 4.26. The molecule has 8 nitrogen and oxygen atoms in total. The molecule has 0 bridgehead atoms. The average Bonchev–Trinajstić information content (AvgIpc) is 3.26. The number of rotatable bonds is 7. The van der Waals surface area contributed by atoms with E-state index in [-0.39, 0.29) is 36.6 Å². The number of nitrogens with zero attached hydrogens (tertiary/aromatic N) is 1. The number of aromatic nitrogens is 2. The van der Waals surface area contributed by atoms with Crippen LogP contribution in [-0.4, -0.2) is 33.7 Å². The van der Waals surface area contributed by atoms with Gasteiger partial charge in [0.1, 0.15) is 11.9 Å². The number of hydrogen-bond donors (Lipinski definition) is 4. The Morgan fingerprint density at radius 2 is 1.69 bits per heavy atom. The first-order valence-electron chi connectivity index (χ1n) is 11.6. The van der Waals surface area contributed by atoms with E-state index in [2.05, 4.69) is 25.9 Å². The second-order valence-corrected chi connectivity index (χ2v) is 8.55. The van der Waals surface area contributed by atoms with E-state index >= 15 is 0 Å². The molecular weight excluding hydrogens is 442 g/mol. The summed E-state index contributed by atoms with van der Waals surface area (Å²) in [6, 6.07) is 23.2. The van der Waals surface area contributed by atoms with E-state index in [0.29, 0.717) is 23.5 Å². The maximum Gasteiger partial charge on any atom is 0.254 e. The zero-order valence-corrected chi connectivity index (χ0v) is 19.0. The highest BCUT2D eigenvalue weighted by atomic mass is 16.2. The molecule has 176 valence electrons. The third kappa shape index (κ3) is 5.06. The van der Waals surface area contributed by atoms with Crippen molar-refractivity contribution in [2.45, 2.75) is 31.3 Å². The van der Waals surface area contributed by atoms with Gasteiger partial charge in [0.25, 0.3) is 5.91 Å². The lowest BCUT2D eigenvalue weighted by molar-refractivity contribution is -0.122. The molecule has 2 heterocycles. The van der Waals surface area contributed by atoms with Gasteiger partial charge in [-0.05, 0) is 42.7 Å². The number of benzene rings is 3. The predicted octanol–water partition coefficient (Wildman–Crippen LogP) is 3.49. The van der Waals surface area contributed by atoms with Crippen molar-refractivity contribution in [2.24, 2.45) is 0 Å². The van der Waals surface area contributed by atoms with Crippen molar-refractivity contribution in [1.82, 2.24) is 20.6 Å². The summed E-state index contributed by atoms with van der Waals surface area (Å²) in [5.41, 5.74) is 3.65. The summed E-state index contributed by atoms with van der Waals surface area (Å²) in [5.74, 6) is -0.239. The van der Waals surface area contributed by atoms with Gasteiger partial charge in [-0.2, -0.15) is 0 Å². The van der Waals surface area contributed by atoms with Gasteiger partial charge in [-0.25, -0.2) is 4.98 Å². The van der Waals surface area contributed by atoms with Gasteiger partial charge in [0.05, 0.1) is 28.3 Å². The number of fused-ring (bicyclic) bond motifs is 2. The lowest BCUT2D eigenvalue weighted by Gasteiger charge is -2.18. The van der Waals surface area contributed by atoms with Gasteiger partial charge in [0.15, 0.2) is 0 Å². The molecular formula is C27H25N5O3. The van der Waals surface area contributed by atoms with Gasteiger partial charge in [-0.1, -0.05) is 54.6 Å². The molecule has 0 radical (unpaired) electrons. The van der Waals surface area contributed by atoms with E-state index in [1.54, 1.807) is 24.3 Å². The van der Waals surface area contributed by atoms with Crippen molar-refractivity contribution in [1.29, 1.82) is 0 Å². The average molecular weight is 468 g/mol. The molecule has 4 aromatic rings. The van der Waals surface area contributed by atoms with Gasteiger partial charge >= 0.3 is 0 Å². The third-order valence-corrected chi connectivity index (χ3v) is 6.07.